The molecule has 0 fully saturated rings. The molecule has 108 valence electrons. The number of esters is 1. The summed E-state index contributed by atoms with van der Waals surface area (Å²) < 4.78 is 16.4. The van der Waals surface area contributed by atoms with E-state index in [9.17, 15) is 19.1 Å². The maximum Gasteiger partial charge on any atom is 0.326 e. The third kappa shape index (κ3) is 3.81. The zero-order chi connectivity index (χ0) is 14.6. The van der Waals surface area contributed by atoms with Crippen molar-refractivity contribution in [2.75, 3.05) is 12.8 Å². The number of hydrogen-bond acceptors (Lipinski definition) is 3. The predicted molar refractivity (Wildman–Crippen MR) is 70.3 cm³/mol. The topological polar surface area (TPSA) is 83.8 Å². The Morgan fingerprint density at radius 1 is 1.17 bits per heavy atom. The van der Waals surface area contributed by atoms with E-state index >= 15 is 0 Å². The normalized spacial score (nSPS) is 18.8. The monoisotopic (exact) mass is 280 g/mol. The Kier molecular flexibility index (Phi) is 6.05. The average Bonchev–Trinajstić information content (AvgIpc) is 2.25. The van der Waals surface area contributed by atoms with Crippen LogP contribution in [0.4, 0.5) is 0 Å². The first-order valence-corrected chi connectivity index (χ1v) is 8.08. The smallest absolute Gasteiger partial charge is 0.326 e. The quantitative estimate of drug-likeness (QED) is 0.553. The lowest BCUT2D eigenvalue weighted by Gasteiger charge is -2.43. The Morgan fingerprint density at radius 3 is 1.94 bits per heavy atom. The van der Waals surface area contributed by atoms with Gasteiger partial charge in [0, 0.05) is 0 Å². The van der Waals surface area contributed by atoms with Gasteiger partial charge in [-0.25, -0.2) is 0 Å². The van der Waals surface area contributed by atoms with Gasteiger partial charge in [-0.05, 0) is 32.1 Å². The molecule has 0 heterocycles. The number of hydrogen-bond donors (Lipinski definition) is 2. The minimum Gasteiger partial charge on any atom is -0.466 e. The second kappa shape index (κ2) is 6.18. The molecule has 2 N–H and O–H groups in total. The third-order valence-electron chi connectivity index (χ3n) is 4.10. The van der Waals surface area contributed by atoms with Gasteiger partial charge in [-0.2, -0.15) is 0 Å². The van der Waals surface area contributed by atoms with Crippen LogP contribution in [0.2, 0.25) is 0 Å². The largest absolute Gasteiger partial charge is 0.466 e. The van der Waals surface area contributed by atoms with Gasteiger partial charge in [0.15, 0.2) is 0 Å². The first kappa shape index (κ1) is 17.6. The molecule has 0 spiro atoms. The molecule has 0 radical (unpaired) electrons. The van der Waals surface area contributed by atoms with Crippen LogP contribution in [0.15, 0.2) is 0 Å². The molecule has 0 aliphatic heterocycles. The highest BCUT2D eigenvalue weighted by molar-refractivity contribution is 7.51. The standard InChI is InChI=1S/C12H25O5P/c1-6-11(4,9-18(14,15)16)12(5,7-2)10(13)17-8-3/h6-9H2,1-5H3,(H2,14,15,16). The summed E-state index contributed by atoms with van der Waals surface area (Å²) in [7, 11) is -4.18. The van der Waals surface area contributed by atoms with Crippen molar-refractivity contribution in [1.29, 1.82) is 0 Å². The van der Waals surface area contributed by atoms with Gasteiger partial charge in [-0.3, -0.25) is 9.36 Å². The van der Waals surface area contributed by atoms with Crippen molar-refractivity contribution < 1.29 is 23.9 Å². The van der Waals surface area contributed by atoms with Gasteiger partial charge >= 0.3 is 13.6 Å². The highest BCUT2D eigenvalue weighted by atomic mass is 31.2. The second-order valence-electron chi connectivity index (χ2n) is 5.14. The van der Waals surface area contributed by atoms with Crippen molar-refractivity contribution in [3.05, 3.63) is 0 Å². The Bertz CT molecular complexity index is 337. The summed E-state index contributed by atoms with van der Waals surface area (Å²) in [6.45, 7) is 9.13. The van der Waals surface area contributed by atoms with E-state index < -0.39 is 18.4 Å². The molecule has 0 saturated carbocycles. The summed E-state index contributed by atoms with van der Waals surface area (Å²) in [5.74, 6) is -0.384. The maximum atomic E-state index is 12.1. The van der Waals surface area contributed by atoms with Crippen molar-refractivity contribution in [1.82, 2.24) is 0 Å². The van der Waals surface area contributed by atoms with Crippen LogP contribution in [0.5, 0.6) is 0 Å². The predicted octanol–water partition coefficient (Wildman–Crippen LogP) is 2.56. The lowest BCUT2D eigenvalue weighted by Crippen LogP contribution is -2.46. The van der Waals surface area contributed by atoms with E-state index in [0.29, 0.717) is 12.8 Å². The minimum absolute atomic E-state index is 0.268. The molecule has 0 aromatic heterocycles. The van der Waals surface area contributed by atoms with E-state index in [1.165, 1.54) is 0 Å². The average molecular weight is 280 g/mol. The molecule has 0 amide bonds. The number of rotatable bonds is 7. The maximum absolute atomic E-state index is 12.1. The van der Waals surface area contributed by atoms with Gasteiger partial charge in [-0.15, -0.1) is 0 Å². The van der Waals surface area contributed by atoms with Crippen LogP contribution < -0.4 is 0 Å². The molecule has 0 aromatic rings. The Hall–Kier alpha value is -0.380. The molecule has 5 nitrogen and oxygen atoms in total. The summed E-state index contributed by atoms with van der Waals surface area (Å²) in [5.41, 5.74) is -1.67. The van der Waals surface area contributed by atoms with Crippen LogP contribution in [0.25, 0.3) is 0 Å². The van der Waals surface area contributed by atoms with E-state index in [1.807, 2.05) is 13.8 Å². The molecule has 2 unspecified atom stereocenters. The number of carbonyl (C=O) groups excluding carboxylic acids is 1. The first-order valence-electron chi connectivity index (χ1n) is 6.28. The van der Waals surface area contributed by atoms with Crippen LogP contribution in [0.1, 0.15) is 47.5 Å². The van der Waals surface area contributed by atoms with Crippen molar-refractivity contribution in [3.8, 4) is 0 Å². The summed E-state index contributed by atoms with van der Waals surface area (Å²) in [5, 5.41) is 0. The molecule has 0 aliphatic carbocycles. The van der Waals surface area contributed by atoms with Gasteiger partial charge in [0.2, 0.25) is 0 Å². The number of ether oxygens (including phenoxy) is 1. The highest BCUT2D eigenvalue weighted by Gasteiger charge is 2.51. The minimum atomic E-state index is -4.18. The molecule has 2 atom stereocenters. The van der Waals surface area contributed by atoms with E-state index in [4.69, 9.17) is 4.74 Å². The Labute approximate surface area is 109 Å². The molecular weight excluding hydrogens is 255 g/mol. The summed E-state index contributed by atoms with van der Waals surface area (Å²) in [4.78, 5) is 30.5. The van der Waals surface area contributed by atoms with Crippen molar-refractivity contribution in [3.63, 3.8) is 0 Å². The molecule has 0 bridgehead atoms. The lowest BCUT2D eigenvalue weighted by molar-refractivity contribution is -0.162. The molecule has 18 heavy (non-hydrogen) atoms. The van der Waals surface area contributed by atoms with Gasteiger partial charge in [0.25, 0.3) is 0 Å². The van der Waals surface area contributed by atoms with Crippen LogP contribution in [-0.4, -0.2) is 28.5 Å². The molecule has 6 heteroatoms. The lowest BCUT2D eigenvalue weighted by atomic mass is 9.63. The Balaban J connectivity index is 5.43. The first-order chi connectivity index (χ1) is 8.06. The highest BCUT2D eigenvalue weighted by Crippen LogP contribution is 2.53. The third-order valence-corrected chi connectivity index (χ3v) is 5.21. The number of carbonyl (C=O) groups is 1. The molecule has 0 saturated heterocycles. The van der Waals surface area contributed by atoms with Crippen LogP contribution in [0.3, 0.4) is 0 Å². The van der Waals surface area contributed by atoms with Crippen LogP contribution >= 0.6 is 7.60 Å². The summed E-state index contributed by atoms with van der Waals surface area (Å²) in [6, 6.07) is 0. The van der Waals surface area contributed by atoms with Crippen LogP contribution in [0, 0.1) is 10.8 Å². The van der Waals surface area contributed by atoms with Crippen molar-refractivity contribution in [2.45, 2.75) is 47.5 Å². The van der Waals surface area contributed by atoms with E-state index in [2.05, 4.69) is 0 Å². The summed E-state index contributed by atoms with van der Waals surface area (Å²) >= 11 is 0. The van der Waals surface area contributed by atoms with E-state index in [0.717, 1.165) is 0 Å². The van der Waals surface area contributed by atoms with Crippen molar-refractivity contribution in [2.24, 2.45) is 10.8 Å². The van der Waals surface area contributed by atoms with E-state index in [1.54, 1.807) is 20.8 Å². The molecule has 0 aliphatic rings. The van der Waals surface area contributed by atoms with Crippen molar-refractivity contribution >= 4 is 13.6 Å². The fraction of sp³-hybridized carbons (Fsp3) is 0.917. The second-order valence-corrected chi connectivity index (χ2v) is 6.79. The van der Waals surface area contributed by atoms with Gasteiger partial charge in [0.1, 0.15) is 0 Å². The SMILES string of the molecule is CCOC(=O)C(C)(CC)C(C)(CC)CP(=O)(O)O. The molecule has 0 rings (SSSR count). The van der Waals surface area contributed by atoms with Gasteiger partial charge < -0.3 is 14.5 Å². The molecule has 0 aromatic carbocycles. The summed E-state index contributed by atoms with van der Waals surface area (Å²) in [6.07, 6.45) is 0.678. The fourth-order valence-corrected chi connectivity index (χ4v) is 3.72. The van der Waals surface area contributed by atoms with E-state index in [-0.39, 0.29) is 18.7 Å². The zero-order valence-electron chi connectivity index (χ0n) is 11.9. The molecular formula is C12H25O5P. The van der Waals surface area contributed by atoms with Crippen LogP contribution in [-0.2, 0) is 14.1 Å². The van der Waals surface area contributed by atoms with Gasteiger partial charge in [-0.1, -0.05) is 20.8 Å². The zero-order valence-corrected chi connectivity index (χ0v) is 12.8. The fourth-order valence-electron chi connectivity index (χ4n) is 2.24. The van der Waals surface area contributed by atoms with Gasteiger partial charge in [0.05, 0.1) is 18.2 Å². The Morgan fingerprint density at radius 2 is 1.67 bits per heavy atom.